The topological polar surface area (TPSA) is 75.6 Å². The second-order valence-corrected chi connectivity index (χ2v) is 4.86. The quantitative estimate of drug-likeness (QED) is 0.890. The van der Waals surface area contributed by atoms with Gasteiger partial charge in [-0.3, -0.25) is 4.79 Å². The number of carboxylic acid groups (broad SMARTS) is 1. The van der Waals surface area contributed by atoms with E-state index in [1.165, 1.54) is 12.1 Å². The Bertz CT molecular complexity index is 531. The first kappa shape index (κ1) is 14.7. The van der Waals surface area contributed by atoms with Gasteiger partial charge in [-0.15, -0.1) is 0 Å². The van der Waals surface area contributed by atoms with Crippen molar-refractivity contribution in [2.75, 3.05) is 6.61 Å². The van der Waals surface area contributed by atoms with Gasteiger partial charge in [-0.25, -0.2) is 9.18 Å². The Kier molecular flexibility index (Phi) is 4.57. The number of nitrogens with one attached hydrogen (secondary N) is 1. The Balaban J connectivity index is 2.16. The van der Waals surface area contributed by atoms with Crippen molar-refractivity contribution < 1.29 is 23.8 Å². The fourth-order valence-electron chi connectivity index (χ4n) is 2.00. The molecule has 2 rings (SSSR count). The SMILES string of the molecule is O=C(N[C@@H](C(=O)O)c1ccc(Cl)c(F)c1)[C@@H]1CCCO1. The molecular formula is C13H13ClFNO4. The molecule has 1 aliphatic heterocycles. The number of carbonyl (C=O) groups is 2. The molecule has 2 atom stereocenters. The standard InChI is InChI=1S/C13H13ClFNO4/c14-8-4-3-7(6-9(8)15)11(13(18)19)16-12(17)10-2-1-5-20-10/h3-4,6,10-11H,1-2,5H2,(H,16,17)(H,18,19)/t10-,11+/m0/s1. The van der Waals surface area contributed by atoms with E-state index >= 15 is 0 Å². The van der Waals surface area contributed by atoms with Crippen LogP contribution in [0.5, 0.6) is 0 Å². The van der Waals surface area contributed by atoms with Gasteiger partial charge < -0.3 is 15.2 Å². The molecule has 0 bridgehead atoms. The van der Waals surface area contributed by atoms with Crippen molar-refractivity contribution in [2.24, 2.45) is 0 Å². The summed E-state index contributed by atoms with van der Waals surface area (Å²) in [4.78, 5) is 23.1. The van der Waals surface area contributed by atoms with Crippen LogP contribution in [0.15, 0.2) is 18.2 Å². The lowest BCUT2D eigenvalue weighted by Gasteiger charge is -2.17. The number of benzene rings is 1. The van der Waals surface area contributed by atoms with E-state index in [1.54, 1.807) is 0 Å². The minimum atomic E-state index is -1.33. The highest BCUT2D eigenvalue weighted by molar-refractivity contribution is 6.30. The van der Waals surface area contributed by atoms with Crippen LogP contribution < -0.4 is 5.32 Å². The molecule has 1 aliphatic rings. The zero-order chi connectivity index (χ0) is 14.7. The fraction of sp³-hybridized carbons (Fsp3) is 0.385. The van der Waals surface area contributed by atoms with E-state index in [0.29, 0.717) is 13.0 Å². The first-order valence-electron chi connectivity index (χ1n) is 6.09. The van der Waals surface area contributed by atoms with Crippen molar-refractivity contribution in [1.29, 1.82) is 0 Å². The van der Waals surface area contributed by atoms with Crippen molar-refractivity contribution in [3.8, 4) is 0 Å². The van der Waals surface area contributed by atoms with Crippen molar-refractivity contribution in [1.82, 2.24) is 5.32 Å². The largest absolute Gasteiger partial charge is 0.479 e. The molecule has 0 unspecified atom stereocenters. The number of hydrogen-bond acceptors (Lipinski definition) is 3. The number of ether oxygens (including phenoxy) is 1. The van der Waals surface area contributed by atoms with Gasteiger partial charge in [-0.05, 0) is 30.5 Å². The average Bonchev–Trinajstić information content (AvgIpc) is 2.93. The van der Waals surface area contributed by atoms with Crippen LogP contribution in [0.3, 0.4) is 0 Å². The summed E-state index contributed by atoms with van der Waals surface area (Å²) in [6.07, 6.45) is 0.660. The van der Waals surface area contributed by atoms with E-state index in [1.807, 2.05) is 0 Å². The second kappa shape index (κ2) is 6.19. The van der Waals surface area contributed by atoms with E-state index in [9.17, 15) is 14.0 Å². The van der Waals surface area contributed by atoms with Gasteiger partial charge in [0, 0.05) is 6.61 Å². The molecule has 1 fully saturated rings. The molecule has 1 amide bonds. The lowest BCUT2D eigenvalue weighted by Crippen LogP contribution is -2.40. The zero-order valence-electron chi connectivity index (χ0n) is 10.4. The molecule has 108 valence electrons. The molecule has 2 N–H and O–H groups in total. The van der Waals surface area contributed by atoms with Crippen LogP contribution in [0.1, 0.15) is 24.4 Å². The van der Waals surface area contributed by atoms with E-state index < -0.39 is 29.8 Å². The maximum Gasteiger partial charge on any atom is 0.330 e. The second-order valence-electron chi connectivity index (χ2n) is 4.46. The summed E-state index contributed by atoms with van der Waals surface area (Å²) in [6.45, 7) is 0.478. The molecule has 20 heavy (non-hydrogen) atoms. The first-order valence-corrected chi connectivity index (χ1v) is 6.46. The smallest absolute Gasteiger partial charge is 0.330 e. The third-order valence-electron chi connectivity index (χ3n) is 3.03. The molecule has 0 radical (unpaired) electrons. The molecule has 0 aliphatic carbocycles. The van der Waals surface area contributed by atoms with Crippen LogP contribution in [0.25, 0.3) is 0 Å². The van der Waals surface area contributed by atoms with E-state index in [4.69, 9.17) is 21.4 Å². The number of amides is 1. The van der Waals surface area contributed by atoms with Crippen LogP contribution >= 0.6 is 11.6 Å². The molecule has 0 saturated carbocycles. The number of carbonyl (C=O) groups excluding carboxylic acids is 1. The van der Waals surface area contributed by atoms with Crippen molar-refractivity contribution in [2.45, 2.75) is 25.0 Å². The van der Waals surface area contributed by atoms with E-state index in [-0.39, 0.29) is 10.6 Å². The normalized spacial score (nSPS) is 19.6. The summed E-state index contributed by atoms with van der Waals surface area (Å²) in [7, 11) is 0. The number of hydrogen-bond donors (Lipinski definition) is 2. The maximum absolute atomic E-state index is 13.4. The Hall–Kier alpha value is -1.66. The zero-order valence-corrected chi connectivity index (χ0v) is 11.2. The third kappa shape index (κ3) is 3.26. The number of rotatable bonds is 4. The van der Waals surface area contributed by atoms with Gasteiger partial charge in [-0.1, -0.05) is 17.7 Å². The molecule has 1 aromatic carbocycles. The Morgan fingerprint density at radius 2 is 2.25 bits per heavy atom. The lowest BCUT2D eigenvalue weighted by atomic mass is 10.1. The molecule has 0 spiro atoms. The third-order valence-corrected chi connectivity index (χ3v) is 3.34. The Labute approximate surface area is 119 Å². The summed E-state index contributed by atoms with van der Waals surface area (Å²) >= 11 is 5.54. The summed E-state index contributed by atoms with van der Waals surface area (Å²) in [5, 5.41) is 11.4. The minimum Gasteiger partial charge on any atom is -0.479 e. The van der Waals surface area contributed by atoms with Gasteiger partial charge >= 0.3 is 5.97 Å². The van der Waals surface area contributed by atoms with Crippen molar-refractivity contribution >= 4 is 23.5 Å². The highest BCUT2D eigenvalue weighted by atomic mass is 35.5. The Morgan fingerprint density at radius 3 is 2.80 bits per heavy atom. The van der Waals surface area contributed by atoms with Gasteiger partial charge in [-0.2, -0.15) is 0 Å². The molecule has 1 saturated heterocycles. The number of carboxylic acids is 1. The first-order chi connectivity index (χ1) is 9.49. The van der Waals surface area contributed by atoms with Crippen molar-refractivity contribution in [3.05, 3.63) is 34.6 Å². The van der Waals surface area contributed by atoms with E-state index in [2.05, 4.69) is 5.32 Å². The van der Waals surface area contributed by atoms with Crippen LogP contribution in [0.4, 0.5) is 4.39 Å². The van der Waals surface area contributed by atoms with Crippen LogP contribution in [-0.2, 0) is 14.3 Å². The Morgan fingerprint density at radius 1 is 1.50 bits per heavy atom. The molecule has 5 nitrogen and oxygen atoms in total. The molecular weight excluding hydrogens is 289 g/mol. The predicted octanol–water partition coefficient (Wildman–Crippen LogP) is 1.90. The minimum absolute atomic E-state index is 0.108. The molecule has 0 aromatic heterocycles. The summed E-state index contributed by atoms with van der Waals surface area (Å²) in [5.74, 6) is -2.52. The molecule has 1 heterocycles. The summed E-state index contributed by atoms with van der Waals surface area (Å²) in [5.41, 5.74) is 0.116. The average molecular weight is 302 g/mol. The summed E-state index contributed by atoms with van der Waals surface area (Å²) in [6, 6.07) is 2.27. The van der Waals surface area contributed by atoms with Gasteiger partial charge in [0.2, 0.25) is 5.91 Å². The van der Waals surface area contributed by atoms with Crippen LogP contribution in [-0.4, -0.2) is 29.7 Å². The number of aliphatic carboxylic acids is 1. The maximum atomic E-state index is 13.4. The van der Waals surface area contributed by atoms with Crippen LogP contribution in [0.2, 0.25) is 5.02 Å². The van der Waals surface area contributed by atoms with Gasteiger partial charge in [0.05, 0.1) is 5.02 Å². The van der Waals surface area contributed by atoms with Crippen molar-refractivity contribution in [3.63, 3.8) is 0 Å². The monoisotopic (exact) mass is 301 g/mol. The predicted molar refractivity (Wildman–Crippen MR) is 68.9 cm³/mol. The lowest BCUT2D eigenvalue weighted by molar-refractivity contribution is -0.143. The summed E-state index contributed by atoms with van der Waals surface area (Å²) < 4.78 is 18.6. The molecule has 7 heteroatoms. The fourth-order valence-corrected chi connectivity index (χ4v) is 2.12. The highest BCUT2D eigenvalue weighted by Crippen LogP contribution is 2.21. The highest BCUT2D eigenvalue weighted by Gasteiger charge is 2.29. The molecule has 1 aromatic rings. The van der Waals surface area contributed by atoms with Gasteiger partial charge in [0.1, 0.15) is 11.9 Å². The van der Waals surface area contributed by atoms with Gasteiger partial charge in [0.25, 0.3) is 0 Å². The van der Waals surface area contributed by atoms with Gasteiger partial charge in [0.15, 0.2) is 6.04 Å². The van der Waals surface area contributed by atoms with E-state index in [0.717, 1.165) is 12.5 Å². The van der Waals surface area contributed by atoms with Crippen LogP contribution in [0, 0.1) is 5.82 Å². The number of halogens is 2.